The van der Waals surface area contributed by atoms with Gasteiger partial charge >= 0.3 is 0 Å². The first-order valence-corrected chi connectivity index (χ1v) is 5.27. The number of hydrogen-bond acceptors (Lipinski definition) is 3. The summed E-state index contributed by atoms with van der Waals surface area (Å²) in [6, 6.07) is 12.5. The number of carbonyl (C=O) groups excluding carboxylic acids is 1. The van der Waals surface area contributed by atoms with Crippen LogP contribution in [0.25, 0.3) is 0 Å². The number of amides is 1. The second-order valence-corrected chi connectivity index (χ2v) is 3.49. The van der Waals surface area contributed by atoms with Gasteiger partial charge in [-0.1, -0.05) is 24.1 Å². The molecule has 2 rings (SSSR count). The molecule has 2 aromatic rings. The Hall–Kier alpha value is -2.64. The summed E-state index contributed by atoms with van der Waals surface area (Å²) in [5.74, 6) is 5.21. The van der Waals surface area contributed by atoms with Gasteiger partial charge in [0.2, 0.25) is 0 Å². The topological polar surface area (TPSA) is 62.2 Å². The molecule has 1 heterocycles. The van der Waals surface area contributed by atoms with Crippen molar-refractivity contribution in [3.63, 3.8) is 0 Å². The zero-order valence-electron chi connectivity index (χ0n) is 9.42. The summed E-state index contributed by atoms with van der Waals surface area (Å²) in [5.41, 5.74) is 3.22. The van der Waals surface area contributed by atoms with E-state index in [1.165, 1.54) is 18.3 Å². The summed E-state index contributed by atoms with van der Waals surface area (Å²) in [5, 5.41) is 8.53. The number of nitrogens with one attached hydrogen (secondary N) is 1. The lowest BCUT2D eigenvalue weighted by molar-refractivity contribution is 0.0706. The van der Waals surface area contributed by atoms with Crippen molar-refractivity contribution in [2.45, 2.75) is 0 Å². The van der Waals surface area contributed by atoms with Gasteiger partial charge in [-0.15, -0.1) is 0 Å². The number of aromatic nitrogens is 1. The normalized spacial score (nSPS) is 9.17. The van der Waals surface area contributed by atoms with Crippen LogP contribution in [-0.2, 0) is 0 Å². The molecule has 0 bridgehead atoms. The molecule has 0 aliphatic carbocycles. The third-order valence-electron chi connectivity index (χ3n) is 2.23. The fraction of sp³-hybridized carbons (Fsp3) is 0. The molecule has 88 valence electrons. The van der Waals surface area contributed by atoms with Crippen LogP contribution < -0.4 is 5.48 Å². The molecule has 0 atom stereocenters. The maximum atomic E-state index is 11.2. The lowest BCUT2D eigenvalue weighted by Crippen LogP contribution is -2.18. The molecular formula is C14H10N2O2. The van der Waals surface area contributed by atoms with E-state index in [1.807, 2.05) is 30.3 Å². The molecule has 0 saturated carbocycles. The minimum atomic E-state index is -0.583. The molecule has 1 aromatic carbocycles. The van der Waals surface area contributed by atoms with E-state index in [1.54, 1.807) is 5.48 Å². The summed E-state index contributed by atoms with van der Waals surface area (Å²) < 4.78 is 0. The Kier molecular flexibility index (Phi) is 3.69. The van der Waals surface area contributed by atoms with Crippen LogP contribution in [0.5, 0.6) is 0 Å². The molecule has 0 spiro atoms. The molecule has 4 nitrogen and oxygen atoms in total. The lowest BCUT2D eigenvalue weighted by Gasteiger charge is -1.97. The van der Waals surface area contributed by atoms with Crippen LogP contribution in [0, 0.1) is 11.8 Å². The van der Waals surface area contributed by atoms with Crippen LogP contribution in [0.2, 0.25) is 0 Å². The predicted octanol–water partition coefficient (Wildman–Crippen LogP) is 1.60. The maximum absolute atomic E-state index is 11.2. The summed E-state index contributed by atoms with van der Waals surface area (Å²) in [7, 11) is 0. The van der Waals surface area contributed by atoms with Crippen molar-refractivity contribution >= 4 is 5.91 Å². The molecule has 1 aromatic heterocycles. The summed E-state index contributed by atoms with van der Waals surface area (Å²) >= 11 is 0. The zero-order valence-corrected chi connectivity index (χ0v) is 9.42. The molecule has 18 heavy (non-hydrogen) atoms. The third-order valence-corrected chi connectivity index (χ3v) is 2.23. The SMILES string of the molecule is O=C(NO)c1ccnc(C#Cc2ccccc2)c1. The number of rotatable bonds is 1. The molecule has 0 radical (unpaired) electrons. The molecule has 0 saturated heterocycles. The molecule has 0 unspecified atom stereocenters. The van der Waals surface area contributed by atoms with Gasteiger partial charge in [-0.3, -0.25) is 10.0 Å². The Morgan fingerprint density at radius 2 is 1.94 bits per heavy atom. The first-order valence-electron chi connectivity index (χ1n) is 5.27. The second kappa shape index (κ2) is 5.62. The van der Waals surface area contributed by atoms with Gasteiger partial charge in [-0.05, 0) is 30.2 Å². The minimum Gasteiger partial charge on any atom is -0.288 e. The Morgan fingerprint density at radius 3 is 2.67 bits per heavy atom. The van der Waals surface area contributed by atoms with Crippen LogP contribution in [0.4, 0.5) is 0 Å². The van der Waals surface area contributed by atoms with Gasteiger partial charge in [0, 0.05) is 17.3 Å². The summed E-state index contributed by atoms with van der Waals surface area (Å²) in [4.78, 5) is 15.2. The highest BCUT2D eigenvalue weighted by molar-refractivity contribution is 5.93. The fourth-order valence-electron chi connectivity index (χ4n) is 1.36. The predicted molar refractivity (Wildman–Crippen MR) is 65.9 cm³/mol. The average molecular weight is 238 g/mol. The minimum absolute atomic E-state index is 0.310. The quantitative estimate of drug-likeness (QED) is 0.450. The van der Waals surface area contributed by atoms with Crippen LogP contribution in [0.15, 0.2) is 48.7 Å². The highest BCUT2D eigenvalue weighted by Gasteiger charge is 2.03. The highest BCUT2D eigenvalue weighted by Crippen LogP contribution is 2.01. The van der Waals surface area contributed by atoms with Crippen LogP contribution in [0.1, 0.15) is 21.6 Å². The number of benzene rings is 1. The molecular weight excluding hydrogens is 228 g/mol. The molecule has 0 aliphatic heterocycles. The van der Waals surface area contributed by atoms with E-state index in [0.717, 1.165) is 5.56 Å². The monoisotopic (exact) mass is 238 g/mol. The van der Waals surface area contributed by atoms with Crippen LogP contribution in [-0.4, -0.2) is 16.1 Å². The van der Waals surface area contributed by atoms with Gasteiger partial charge in [-0.2, -0.15) is 0 Å². The first kappa shape index (κ1) is 11.8. The van der Waals surface area contributed by atoms with E-state index < -0.39 is 5.91 Å². The third kappa shape index (κ3) is 2.94. The van der Waals surface area contributed by atoms with E-state index in [9.17, 15) is 4.79 Å². The highest BCUT2D eigenvalue weighted by atomic mass is 16.5. The summed E-state index contributed by atoms with van der Waals surface area (Å²) in [6.45, 7) is 0. The van der Waals surface area contributed by atoms with Crippen molar-refractivity contribution < 1.29 is 10.0 Å². The Morgan fingerprint density at radius 1 is 1.17 bits per heavy atom. The van der Waals surface area contributed by atoms with Crippen molar-refractivity contribution in [2.75, 3.05) is 0 Å². The number of pyridine rings is 1. The number of nitrogens with zero attached hydrogens (tertiary/aromatic N) is 1. The van der Waals surface area contributed by atoms with Gasteiger partial charge < -0.3 is 0 Å². The zero-order chi connectivity index (χ0) is 12.8. The van der Waals surface area contributed by atoms with E-state index in [-0.39, 0.29) is 0 Å². The van der Waals surface area contributed by atoms with Gasteiger partial charge in [0.15, 0.2) is 0 Å². The van der Waals surface area contributed by atoms with Crippen molar-refractivity contribution in [1.29, 1.82) is 0 Å². The van der Waals surface area contributed by atoms with Crippen LogP contribution in [0.3, 0.4) is 0 Å². The van der Waals surface area contributed by atoms with E-state index in [0.29, 0.717) is 11.3 Å². The fourth-order valence-corrected chi connectivity index (χ4v) is 1.36. The number of hydroxylamine groups is 1. The molecule has 4 heteroatoms. The van der Waals surface area contributed by atoms with Crippen molar-refractivity contribution in [1.82, 2.24) is 10.5 Å². The maximum Gasteiger partial charge on any atom is 0.274 e. The Bertz CT molecular complexity index is 612. The molecule has 0 fully saturated rings. The van der Waals surface area contributed by atoms with Gasteiger partial charge in [0.1, 0.15) is 5.69 Å². The molecule has 2 N–H and O–H groups in total. The molecule has 1 amide bonds. The Balaban J connectivity index is 2.25. The van der Waals surface area contributed by atoms with Gasteiger partial charge in [-0.25, -0.2) is 10.5 Å². The van der Waals surface area contributed by atoms with E-state index >= 15 is 0 Å². The first-order chi connectivity index (χ1) is 8.79. The van der Waals surface area contributed by atoms with Crippen molar-refractivity contribution in [3.8, 4) is 11.8 Å². The largest absolute Gasteiger partial charge is 0.288 e. The number of carbonyl (C=O) groups is 1. The van der Waals surface area contributed by atoms with Crippen molar-refractivity contribution in [3.05, 3.63) is 65.5 Å². The lowest BCUT2D eigenvalue weighted by atomic mass is 10.2. The van der Waals surface area contributed by atoms with Gasteiger partial charge in [0.25, 0.3) is 5.91 Å². The number of hydrogen-bond donors (Lipinski definition) is 2. The van der Waals surface area contributed by atoms with E-state index in [4.69, 9.17) is 5.21 Å². The smallest absolute Gasteiger partial charge is 0.274 e. The van der Waals surface area contributed by atoms with Crippen molar-refractivity contribution in [2.24, 2.45) is 0 Å². The van der Waals surface area contributed by atoms with Crippen LogP contribution >= 0.6 is 0 Å². The standard InChI is InChI=1S/C14H10N2O2/c17-14(16-18)12-8-9-15-13(10-12)7-6-11-4-2-1-3-5-11/h1-5,8-10,18H,(H,16,17). The Labute approximate surface area is 104 Å². The van der Waals surface area contributed by atoms with Gasteiger partial charge in [0.05, 0.1) is 0 Å². The summed E-state index contributed by atoms with van der Waals surface area (Å²) in [6.07, 6.45) is 1.47. The average Bonchev–Trinajstić information content (AvgIpc) is 2.45. The molecule has 0 aliphatic rings. The second-order valence-electron chi connectivity index (χ2n) is 3.49. The van der Waals surface area contributed by atoms with E-state index in [2.05, 4.69) is 16.8 Å².